The lowest BCUT2D eigenvalue weighted by atomic mass is 10.2. The van der Waals surface area contributed by atoms with Gasteiger partial charge in [0, 0.05) is 26.0 Å². The van der Waals surface area contributed by atoms with Crippen LogP contribution in [0.3, 0.4) is 0 Å². The van der Waals surface area contributed by atoms with Gasteiger partial charge >= 0.3 is 0 Å². The number of aromatic nitrogens is 2. The lowest BCUT2D eigenvalue weighted by molar-refractivity contribution is 0.116. The minimum Gasteiger partial charge on any atom is -0.381 e. The third kappa shape index (κ3) is 4.28. The van der Waals surface area contributed by atoms with Crippen molar-refractivity contribution in [3.8, 4) is 0 Å². The van der Waals surface area contributed by atoms with Crippen LogP contribution in [-0.4, -0.2) is 35.9 Å². The van der Waals surface area contributed by atoms with Gasteiger partial charge in [0.25, 0.3) is 0 Å². The highest BCUT2D eigenvalue weighted by molar-refractivity contribution is 4.90. The lowest BCUT2D eigenvalue weighted by Crippen LogP contribution is -2.27. The van der Waals surface area contributed by atoms with Crippen molar-refractivity contribution >= 4 is 0 Å². The molecule has 16 heavy (non-hydrogen) atoms. The van der Waals surface area contributed by atoms with Crippen molar-refractivity contribution in [1.29, 1.82) is 0 Å². The average Bonchev–Trinajstić information content (AvgIpc) is 2.65. The van der Waals surface area contributed by atoms with Crippen LogP contribution in [0.25, 0.3) is 0 Å². The summed E-state index contributed by atoms with van der Waals surface area (Å²) >= 11 is 0. The van der Waals surface area contributed by atoms with Gasteiger partial charge in [-0.3, -0.25) is 0 Å². The molecule has 1 rings (SSSR count). The molecule has 0 aliphatic carbocycles. The van der Waals surface area contributed by atoms with Crippen molar-refractivity contribution in [3.63, 3.8) is 0 Å². The van der Waals surface area contributed by atoms with Gasteiger partial charge in [-0.25, -0.2) is 0 Å². The van der Waals surface area contributed by atoms with Gasteiger partial charge in [-0.05, 0) is 20.4 Å². The highest BCUT2D eigenvalue weighted by Gasteiger charge is 2.12. The van der Waals surface area contributed by atoms with Gasteiger partial charge in [0.15, 0.2) is 5.82 Å². The average molecular weight is 227 g/mol. The highest BCUT2D eigenvalue weighted by Crippen LogP contribution is 2.04. The maximum Gasteiger partial charge on any atom is 0.228 e. The molecule has 0 aromatic carbocycles. The number of nitrogens with zero attached hydrogens (tertiary/aromatic N) is 2. The maximum absolute atomic E-state index is 5.17. The van der Waals surface area contributed by atoms with E-state index in [1.807, 2.05) is 6.92 Å². The molecule has 1 aromatic rings. The van der Waals surface area contributed by atoms with Gasteiger partial charge in [-0.1, -0.05) is 12.1 Å². The molecule has 0 spiro atoms. The maximum atomic E-state index is 5.17. The number of hydrogen-bond acceptors (Lipinski definition) is 5. The van der Waals surface area contributed by atoms with E-state index < -0.39 is 0 Å². The number of hydrogen-bond donors (Lipinski definition) is 1. The van der Waals surface area contributed by atoms with Crippen LogP contribution in [0, 0.1) is 0 Å². The Balaban J connectivity index is 2.44. The summed E-state index contributed by atoms with van der Waals surface area (Å²) in [5.41, 5.74) is 0. The molecule has 92 valence electrons. The Bertz CT molecular complexity index is 301. The van der Waals surface area contributed by atoms with Gasteiger partial charge in [0.1, 0.15) is 0 Å². The molecule has 0 radical (unpaired) electrons. The molecule has 5 nitrogen and oxygen atoms in total. The quantitative estimate of drug-likeness (QED) is 0.758. The molecule has 5 heteroatoms. The van der Waals surface area contributed by atoms with Crippen molar-refractivity contribution in [3.05, 3.63) is 11.7 Å². The van der Waals surface area contributed by atoms with E-state index in [-0.39, 0.29) is 6.10 Å². The molecule has 0 aliphatic rings. The summed E-state index contributed by atoms with van der Waals surface area (Å²) in [5.74, 6) is 1.40. The summed E-state index contributed by atoms with van der Waals surface area (Å²) in [6, 6.07) is 0.359. The fourth-order valence-corrected chi connectivity index (χ4v) is 1.48. The SMILES string of the molecule is CCNC(C)Cc1nc(CC(C)OC)no1. The summed E-state index contributed by atoms with van der Waals surface area (Å²) in [7, 11) is 1.68. The Hall–Kier alpha value is -0.940. The minimum absolute atomic E-state index is 0.122. The Morgan fingerprint density at radius 2 is 2.12 bits per heavy atom. The van der Waals surface area contributed by atoms with E-state index in [0.717, 1.165) is 13.0 Å². The topological polar surface area (TPSA) is 60.2 Å². The van der Waals surface area contributed by atoms with Crippen molar-refractivity contribution in [2.24, 2.45) is 0 Å². The smallest absolute Gasteiger partial charge is 0.228 e. The minimum atomic E-state index is 0.122. The summed E-state index contributed by atoms with van der Waals surface area (Å²) < 4.78 is 10.3. The molecule has 1 aromatic heterocycles. The normalized spacial score (nSPS) is 15.0. The fourth-order valence-electron chi connectivity index (χ4n) is 1.48. The summed E-state index contributed by atoms with van der Waals surface area (Å²) in [6.07, 6.45) is 1.58. The standard InChI is InChI=1S/C11H21N3O2/c1-5-12-8(2)6-11-13-10(14-16-11)7-9(3)15-4/h8-9,12H,5-7H2,1-4H3. The first-order valence-electron chi connectivity index (χ1n) is 5.73. The number of methoxy groups -OCH3 is 1. The Labute approximate surface area is 96.6 Å². The Kier molecular flexibility index (Phi) is 5.42. The van der Waals surface area contributed by atoms with Crippen molar-refractivity contribution < 1.29 is 9.26 Å². The monoisotopic (exact) mass is 227 g/mol. The van der Waals surface area contributed by atoms with Gasteiger partial charge in [-0.2, -0.15) is 4.98 Å². The van der Waals surface area contributed by atoms with Gasteiger partial charge in [-0.15, -0.1) is 0 Å². The van der Waals surface area contributed by atoms with E-state index in [1.165, 1.54) is 0 Å². The fraction of sp³-hybridized carbons (Fsp3) is 0.818. The number of ether oxygens (including phenoxy) is 1. The van der Waals surface area contributed by atoms with Crippen LogP contribution in [0.1, 0.15) is 32.5 Å². The van der Waals surface area contributed by atoms with Crippen molar-refractivity contribution in [2.75, 3.05) is 13.7 Å². The van der Waals surface area contributed by atoms with Crippen LogP contribution >= 0.6 is 0 Å². The molecule has 0 amide bonds. The van der Waals surface area contributed by atoms with E-state index in [1.54, 1.807) is 7.11 Å². The third-order valence-corrected chi connectivity index (χ3v) is 2.42. The first-order chi connectivity index (χ1) is 7.65. The molecule has 2 unspecified atom stereocenters. The largest absolute Gasteiger partial charge is 0.381 e. The predicted octanol–water partition coefficient (Wildman–Crippen LogP) is 1.19. The van der Waals surface area contributed by atoms with E-state index in [0.29, 0.717) is 24.2 Å². The summed E-state index contributed by atoms with van der Waals surface area (Å²) in [6.45, 7) is 7.11. The summed E-state index contributed by atoms with van der Waals surface area (Å²) in [4.78, 5) is 4.32. The molecule has 0 aliphatic heterocycles. The third-order valence-electron chi connectivity index (χ3n) is 2.42. The second kappa shape index (κ2) is 6.60. The second-order valence-corrected chi connectivity index (χ2v) is 4.02. The molecular weight excluding hydrogens is 206 g/mol. The number of likely N-dealkylation sites (N-methyl/N-ethyl adjacent to an activating group) is 1. The molecule has 0 saturated heterocycles. The van der Waals surface area contributed by atoms with Gasteiger partial charge in [0.2, 0.25) is 5.89 Å². The zero-order chi connectivity index (χ0) is 12.0. The Morgan fingerprint density at radius 3 is 2.75 bits per heavy atom. The van der Waals surface area contributed by atoms with E-state index >= 15 is 0 Å². The second-order valence-electron chi connectivity index (χ2n) is 4.02. The highest BCUT2D eigenvalue weighted by atomic mass is 16.5. The molecule has 2 atom stereocenters. The zero-order valence-electron chi connectivity index (χ0n) is 10.5. The molecule has 1 N–H and O–H groups in total. The van der Waals surface area contributed by atoms with Crippen molar-refractivity contribution in [2.45, 2.75) is 45.8 Å². The first-order valence-corrected chi connectivity index (χ1v) is 5.73. The van der Waals surface area contributed by atoms with Crippen molar-refractivity contribution in [1.82, 2.24) is 15.5 Å². The number of nitrogens with one attached hydrogen (secondary N) is 1. The molecule has 0 fully saturated rings. The van der Waals surface area contributed by atoms with Crippen LogP contribution in [0.4, 0.5) is 0 Å². The van der Waals surface area contributed by atoms with Gasteiger partial charge < -0.3 is 14.6 Å². The molecular formula is C11H21N3O2. The van der Waals surface area contributed by atoms with Crippen LogP contribution in [0.2, 0.25) is 0 Å². The van der Waals surface area contributed by atoms with E-state index in [2.05, 4.69) is 29.3 Å². The van der Waals surface area contributed by atoms with Crippen LogP contribution < -0.4 is 5.32 Å². The molecule has 0 saturated carbocycles. The predicted molar refractivity (Wildman–Crippen MR) is 61.3 cm³/mol. The van der Waals surface area contributed by atoms with Crippen LogP contribution in [0.15, 0.2) is 4.52 Å². The van der Waals surface area contributed by atoms with Crippen LogP contribution in [-0.2, 0) is 17.6 Å². The summed E-state index contributed by atoms with van der Waals surface area (Å²) in [5, 5.41) is 7.23. The number of rotatable bonds is 7. The van der Waals surface area contributed by atoms with Crippen LogP contribution in [0.5, 0.6) is 0 Å². The zero-order valence-corrected chi connectivity index (χ0v) is 10.5. The van der Waals surface area contributed by atoms with E-state index in [9.17, 15) is 0 Å². The van der Waals surface area contributed by atoms with E-state index in [4.69, 9.17) is 9.26 Å². The first kappa shape index (κ1) is 13.1. The molecule has 0 bridgehead atoms. The molecule has 1 heterocycles. The lowest BCUT2D eigenvalue weighted by Gasteiger charge is -2.08. The Morgan fingerprint density at radius 1 is 1.38 bits per heavy atom. The van der Waals surface area contributed by atoms with Gasteiger partial charge in [0.05, 0.1) is 6.10 Å².